The number of amides is 2. The average Bonchev–Trinajstić information content (AvgIpc) is 3.28. The predicted molar refractivity (Wildman–Crippen MR) is 141 cm³/mol. The van der Waals surface area contributed by atoms with Crippen LogP contribution >= 0.6 is 11.6 Å². The van der Waals surface area contributed by atoms with Crippen LogP contribution in [0.5, 0.6) is 0 Å². The molecule has 37 heavy (non-hydrogen) atoms. The van der Waals surface area contributed by atoms with E-state index >= 15 is 0 Å². The molecule has 0 saturated heterocycles. The van der Waals surface area contributed by atoms with E-state index in [1.807, 2.05) is 12.1 Å². The second kappa shape index (κ2) is 11.9. The topological polar surface area (TPSA) is 97.3 Å². The number of aliphatic imine (C=N–C) groups is 1. The first-order valence-electron chi connectivity index (χ1n) is 12.6. The zero-order valence-corrected chi connectivity index (χ0v) is 22.1. The van der Waals surface area contributed by atoms with E-state index in [1.165, 1.54) is 0 Å². The Kier molecular flexibility index (Phi) is 8.61. The van der Waals surface area contributed by atoms with E-state index in [2.05, 4.69) is 10.3 Å². The number of allylic oxidation sites excluding steroid dienone is 3. The van der Waals surface area contributed by atoms with Gasteiger partial charge >= 0.3 is 12.0 Å². The quantitative estimate of drug-likeness (QED) is 0.344. The minimum absolute atomic E-state index is 0.0625. The van der Waals surface area contributed by atoms with Crippen molar-refractivity contribution in [3.8, 4) is 0 Å². The number of carbonyl (C=O) groups excluding carboxylic acids is 3. The first kappa shape index (κ1) is 26.8. The highest BCUT2D eigenvalue weighted by Gasteiger charge is 2.43. The molecule has 2 amide bonds. The number of fused-ring (bicyclic) bond motifs is 1. The molecule has 1 aromatic rings. The third-order valence-electron chi connectivity index (χ3n) is 6.63. The van der Waals surface area contributed by atoms with Crippen molar-refractivity contribution in [1.29, 1.82) is 0 Å². The molecule has 1 aromatic carbocycles. The first-order valence-corrected chi connectivity index (χ1v) is 12.9. The van der Waals surface area contributed by atoms with E-state index in [-0.39, 0.29) is 18.4 Å². The number of urea groups is 1. The van der Waals surface area contributed by atoms with Crippen LogP contribution in [-0.4, -0.2) is 54.1 Å². The van der Waals surface area contributed by atoms with Gasteiger partial charge in [0.1, 0.15) is 5.92 Å². The van der Waals surface area contributed by atoms with Crippen LogP contribution in [-0.2, 0) is 19.1 Å². The molecule has 1 N–H and O–H groups in total. The van der Waals surface area contributed by atoms with Crippen molar-refractivity contribution in [2.24, 2.45) is 10.9 Å². The first-order chi connectivity index (χ1) is 17.8. The molecular weight excluding hydrogens is 494 g/mol. The fourth-order valence-corrected chi connectivity index (χ4v) is 5.17. The largest absolute Gasteiger partial charge is 0.472 e. The summed E-state index contributed by atoms with van der Waals surface area (Å²) in [4.78, 5) is 44.6. The Labute approximate surface area is 222 Å². The van der Waals surface area contributed by atoms with Crippen LogP contribution in [0.3, 0.4) is 0 Å². The molecule has 0 saturated carbocycles. The van der Waals surface area contributed by atoms with Crippen LogP contribution in [0.1, 0.15) is 51.6 Å². The summed E-state index contributed by atoms with van der Waals surface area (Å²) in [5.74, 6) is -1.10. The molecule has 2 unspecified atom stereocenters. The fraction of sp³-hybridized carbons (Fsp3) is 0.429. The molecule has 3 aliphatic rings. The second-order valence-corrected chi connectivity index (χ2v) is 10.1. The molecule has 0 bridgehead atoms. The molecule has 0 spiro atoms. The molecule has 4 rings (SSSR count). The van der Waals surface area contributed by atoms with Gasteiger partial charge in [-0.1, -0.05) is 23.7 Å². The number of esters is 1. The number of hydrogen-bond donors (Lipinski definition) is 1. The van der Waals surface area contributed by atoms with Gasteiger partial charge in [-0.05, 0) is 81.5 Å². The van der Waals surface area contributed by atoms with E-state index in [0.29, 0.717) is 36.7 Å². The molecule has 9 heteroatoms. The molecule has 2 aliphatic heterocycles. The predicted octanol–water partition coefficient (Wildman–Crippen LogP) is 4.91. The smallest absolute Gasteiger partial charge is 0.344 e. The van der Waals surface area contributed by atoms with Gasteiger partial charge in [-0.3, -0.25) is 9.59 Å². The number of Topliss-reactive ketones (excluding diaryl/α,β-unsaturated/α-hetero) is 1. The van der Waals surface area contributed by atoms with Gasteiger partial charge in [0.15, 0.2) is 5.78 Å². The minimum atomic E-state index is -0.737. The van der Waals surface area contributed by atoms with Gasteiger partial charge in [-0.25, -0.2) is 9.79 Å². The Morgan fingerprint density at radius 3 is 2.86 bits per heavy atom. The van der Waals surface area contributed by atoms with Crippen molar-refractivity contribution < 1.29 is 23.9 Å². The van der Waals surface area contributed by atoms with Gasteiger partial charge < -0.3 is 19.7 Å². The van der Waals surface area contributed by atoms with E-state index in [1.54, 1.807) is 56.4 Å². The van der Waals surface area contributed by atoms with Crippen LogP contribution in [0.2, 0.25) is 5.02 Å². The number of carbonyl (C=O) groups is 3. The van der Waals surface area contributed by atoms with Gasteiger partial charge in [0.25, 0.3) is 0 Å². The number of nitrogens with one attached hydrogen (secondary N) is 1. The normalized spacial score (nSPS) is 21.0. The molecule has 2 atom stereocenters. The SMILES string of the molecule is CC1=NC(=O)N(CCCNCC(=O)C2=C3C=COC=C3CC2)C(c2cccc(Cl)c2)C1C(=O)OC(C)C. The Morgan fingerprint density at radius 1 is 1.30 bits per heavy atom. The van der Waals surface area contributed by atoms with Crippen molar-refractivity contribution in [3.63, 3.8) is 0 Å². The molecule has 0 fully saturated rings. The number of benzene rings is 1. The van der Waals surface area contributed by atoms with Crippen molar-refractivity contribution in [1.82, 2.24) is 10.2 Å². The zero-order chi connectivity index (χ0) is 26.5. The number of ketones is 1. The standard InChI is InChI=1S/C28H32ClN3O5/c1-17(2)37-27(34)25-18(3)31-28(35)32(26(25)19-6-4-7-21(29)14-19)12-5-11-30-15-24(33)23-9-8-20-16-36-13-10-22(20)23/h4,6-7,10,13-14,16-17,25-26,30H,5,8-9,11-12,15H2,1-3H3. The third-order valence-corrected chi connectivity index (χ3v) is 6.86. The number of hydrogen-bond acceptors (Lipinski definition) is 6. The molecule has 2 heterocycles. The summed E-state index contributed by atoms with van der Waals surface area (Å²) in [6.07, 6.45) is 6.92. The number of ether oxygens (including phenoxy) is 2. The van der Waals surface area contributed by atoms with Crippen LogP contribution < -0.4 is 5.32 Å². The molecule has 196 valence electrons. The van der Waals surface area contributed by atoms with Crippen molar-refractivity contribution in [3.05, 3.63) is 70.2 Å². The minimum Gasteiger partial charge on any atom is -0.472 e. The van der Waals surface area contributed by atoms with E-state index in [9.17, 15) is 14.4 Å². The maximum absolute atomic E-state index is 13.1. The molecule has 1 aliphatic carbocycles. The van der Waals surface area contributed by atoms with Gasteiger partial charge in [-0.2, -0.15) is 0 Å². The second-order valence-electron chi connectivity index (χ2n) is 9.62. The molecule has 0 radical (unpaired) electrons. The van der Waals surface area contributed by atoms with Gasteiger partial charge in [0.05, 0.1) is 31.2 Å². The van der Waals surface area contributed by atoms with Crippen molar-refractivity contribution >= 4 is 35.1 Å². The Morgan fingerprint density at radius 2 is 2.11 bits per heavy atom. The Hall–Kier alpha value is -3.23. The van der Waals surface area contributed by atoms with Crippen LogP contribution in [0.4, 0.5) is 4.79 Å². The summed E-state index contributed by atoms with van der Waals surface area (Å²) in [5.41, 5.74) is 4.01. The lowest BCUT2D eigenvalue weighted by molar-refractivity contribution is -0.151. The lowest BCUT2D eigenvalue weighted by Gasteiger charge is -2.39. The van der Waals surface area contributed by atoms with Crippen LogP contribution in [0, 0.1) is 5.92 Å². The highest BCUT2D eigenvalue weighted by Crippen LogP contribution is 2.37. The summed E-state index contributed by atoms with van der Waals surface area (Å²) < 4.78 is 10.7. The van der Waals surface area contributed by atoms with E-state index in [4.69, 9.17) is 21.1 Å². The number of rotatable bonds is 10. The van der Waals surface area contributed by atoms with E-state index < -0.39 is 24.0 Å². The van der Waals surface area contributed by atoms with Crippen LogP contribution in [0.25, 0.3) is 0 Å². The summed E-state index contributed by atoms with van der Waals surface area (Å²) in [6, 6.07) is 6.17. The number of halogens is 1. The lowest BCUT2D eigenvalue weighted by atomic mass is 9.86. The van der Waals surface area contributed by atoms with Crippen molar-refractivity contribution in [2.45, 2.75) is 52.2 Å². The van der Waals surface area contributed by atoms with Crippen LogP contribution in [0.15, 0.2) is 64.6 Å². The molecule has 0 aromatic heterocycles. The van der Waals surface area contributed by atoms with Gasteiger partial charge in [-0.15, -0.1) is 0 Å². The Bertz CT molecular complexity index is 1200. The highest BCUT2D eigenvalue weighted by molar-refractivity contribution is 6.30. The fourth-order valence-electron chi connectivity index (χ4n) is 4.97. The van der Waals surface area contributed by atoms with Gasteiger partial charge in [0.2, 0.25) is 0 Å². The Balaban J connectivity index is 1.42. The lowest BCUT2D eigenvalue weighted by Crippen LogP contribution is -2.48. The summed E-state index contributed by atoms with van der Waals surface area (Å²) in [5, 5.41) is 3.71. The third kappa shape index (κ3) is 6.19. The summed E-state index contributed by atoms with van der Waals surface area (Å²) >= 11 is 6.26. The molecular formula is C28H32ClN3O5. The highest BCUT2D eigenvalue weighted by atomic mass is 35.5. The zero-order valence-electron chi connectivity index (χ0n) is 21.3. The average molecular weight is 526 g/mol. The van der Waals surface area contributed by atoms with E-state index in [0.717, 1.165) is 28.7 Å². The van der Waals surface area contributed by atoms with Gasteiger partial charge in [0, 0.05) is 22.9 Å². The number of nitrogens with zero attached hydrogens (tertiary/aromatic N) is 2. The van der Waals surface area contributed by atoms with Crippen molar-refractivity contribution in [2.75, 3.05) is 19.6 Å². The summed E-state index contributed by atoms with van der Waals surface area (Å²) in [7, 11) is 0. The maximum Gasteiger partial charge on any atom is 0.344 e. The monoisotopic (exact) mass is 525 g/mol. The summed E-state index contributed by atoms with van der Waals surface area (Å²) in [6.45, 7) is 6.34. The molecule has 8 nitrogen and oxygen atoms in total. The maximum atomic E-state index is 13.1.